The number of aromatic carboxylic acids is 1. The number of carbonyl (C=O) groups is 1. The number of nitrogens with two attached hydrogens (primary N) is 1. The Labute approximate surface area is 102 Å². The second-order valence-electron chi connectivity index (χ2n) is 2.73. The molecule has 1 aromatic carbocycles. The molecule has 5 N–H and O–H groups in total. The maximum absolute atomic E-state index is 10.8. The second-order valence-corrected chi connectivity index (χ2v) is 4.37. The molecule has 0 fully saturated rings. The van der Waals surface area contributed by atoms with E-state index < -0.39 is 13.1 Å². The summed E-state index contributed by atoms with van der Waals surface area (Å²) >= 11 is 6.04. The van der Waals surface area contributed by atoms with E-state index in [-0.39, 0.29) is 25.7 Å². The van der Waals surface area contributed by atoms with Crippen molar-refractivity contribution in [3.05, 3.63) is 20.6 Å². The maximum Gasteiger partial charge on any atom is 0.490 e. The summed E-state index contributed by atoms with van der Waals surface area (Å²) < 4.78 is 0.417. The van der Waals surface area contributed by atoms with Gasteiger partial charge in [0, 0.05) is 14.4 Å². The first kappa shape index (κ1) is 12.5. The number of benzene rings is 1. The van der Waals surface area contributed by atoms with Crippen LogP contribution in [0.5, 0.6) is 0 Å². The molecule has 0 aromatic heterocycles. The molecule has 0 unspecified atom stereocenters. The highest BCUT2D eigenvalue weighted by molar-refractivity contribution is 9.11. The minimum atomic E-state index is -1.74. The third-order valence-electron chi connectivity index (χ3n) is 1.78. The fraction of sp³-hybridized carbons (Fsp3) is 0. The van der Waals surface area contributed by atoms with E-state index in [9.17, 15) is 4.79 Å². The van der Waals surface area contributed by atoms with Crippen LogP contribution in [0.4, 0.5) is 5.69 Å². The quantitative estimate of drug-likeness (QED) is 0.455. The van der Waals surface area contributed by atoms with Crippen LogP contribution < -0.4 is 11.2 Å². The van der Waals surface area contributed by atoms with Crippen molar-refractivity contribution in [2.75, 3.05) is 5.73 Å². The van der Waals surface area contributed by atoms with Crippen LogP contribution in [0, 0.1) is 0 Å². The van der Waals surface area contributed by atoms with Crippen molar-refractivity contribution in [3.8, 4) is 0 Å². The Morgan fingerprint density at radius 2 is 1.93 bits per heavy atom. The van der Waals surface area contributed by atoms with E-state index >= 15 is 0 Å². The first-order chi connectivity index (χ1) is 6.86. The third kappa shape index (κ3) is 2.33. The van der Waals surface area contributed by atoms with Crippen molar-refractivity contribution in [1.82, 2.24) is 0 Å². The van der Waals surface area contributed by atoms with Gasteiger partial charge in [0.2, 0.25) is 0 Å². The lowest BCUT2D eigenvalue weighted by molar-refractivity contribution is 0.0698. The average Bonchev–Trinajstić information content (AvgIpc) is 2.10. The van der Waals surface area contributed by atoms with Crippen LogP contribution >= 0.6 is 31.9 Å². The molecule has 0 saturated heterocycles. The van der Waals surface area contributed by atoms with Crippen LogP contribution in [-0.4, -0.2) is 28.2 Å². The minimum Gasteiger partial charge on any atom is -0.478 e. The number of hydrogen-bond acceptors (Lipinski definition) is 4. The molecule has 0 amide bonds. The van der Waals surface area contributed by atoms with Gasteiger partial charge in [-0.2, -0.15) is 0 Å². The Morgan fingerprint density at radius 3 is 2.33 bits per heavy atom. The molecule has 0 atom stereocenters. The van der Waals surface area contributed by atoms with Gasteiger partial charge in [0.15, 0.2) is 0 Å². The van der Waals surface area contributed by atoms with Crippen LogP contribution in [0.15, 0.2) is 15.0 Å². The molecule has 1 aromatic rings. The van der Waals surface area contributed by atoms with Gasteiger partial charge in [0.1, 0.15) is 0 Å². The number of rotatable bonds is 2. The first-order valence-electron chi connectivity index (χ1n) is 3.73. The maximum atomic E-state index is 10.8. The number of carboxylic acids is 1. The van der Waals surface area contributed by atoms with E-state index in [1.165, 1.54) is 6.07 Å². The van der Waals surface area contributed by atoms with Gasteiger partial charge >= 0.3 is 13.1 Å². The highest BCUT2D eigenvalue weighted by Crippen LogP contribution is 2.26. The Hall–Kier alpha value is -0.565. The number of carboxylic acid groups (broad SMARTS) is 1. The normalized spacial score (nSPS) is 10.1. The van der Waals surface area contributed by atoms with Crippen molar-refractivity contribution in [3.63, 3.8) is 0 Å². The molecule has 1 rings (SSSR count). The molecule has 5 nitrogen and oxygen atoms in total. The Bertz CT molecular complexity index is 424. The molecule has 0 saturated carbocycles. The molecular formula is C7H6BBr2NO4. The summed E-state index contributed by atoms with van der Waals surface area (Å²) in [6, 6.07) is 1.22. The average molecular weight is 339 g/mol. The van der Waals surface area contributed by atoms with Gasteiger partial charge in [-0.1, -0.05) is 15.9 Å². The number of anilines is 1. The lowest BCUT2D eigenvalue weighted by Crippen LogP contribution is -2.33. The van der Waals surface area contributed by atoms with Crippen molar-refractivity contribution in [1.29, 1.82) is 0 Å². The summed E-state index contributed by atoms with van der Waals surface area (Å²) in [4.78, 5) is 10.8. The van der Waals surface area contributed by atoms with E-state index in [1.807, 2.05) is 0 Å². The highest BCUT2D eigenvalue weighted by Gasteiger charge is 2.24. The summed E-state index contributed by atoms with van der Waals surface area (Å²) in [6.07, 6.45) is 0. The summed E-state index contributed by atoms with van der Waals surface area (Å²) in [6.45, 7) is 0. The zero-order valence-corrected chi connectivity index (χ0v) is 10.4. The predicted molar refractivity (Wildman–Crippen MR) is 63.0 cm³/mol. The largest absolute Gasteiger partial charge is 0.490 e. The summed E-state index contributed by atoms with van der Waals surface area (Å²) in [5.41, 5.74) is 5.45. The summed E-state index contributed by atoms with van der Waals surface area (Å²) in [5, 5.41) is 26.9. The van der Waals surface area contributed by atoms with Crippen LogP contribution in [0.25, 0.3) is 0 Å². The number of halogens is 2. The van der Waals surface area contributed by atoms with Crippen LogP contribution in [0.2, 0.25) is 0 Å². The van der Waals surface area contributed by atoms with Gasteiger partial charge in [0.05, 0.1) is 11.3 Å². The Balaban J connectivity index is 3.51. The fourth-order valence-electron chi connectivity index (χ4n) is 1.06. The van der Waals surface area contributed by atoms with Crippen LogP contribution in [0.1, 0.15) is 10.4 Å². The van der Waals surface area contributed by atoms with E-state index in [4.69, 9.17) is 20.9 Å². The molecular weight excluding hydrogens is 333 g/mol. The smallest absolute Gasteiger partial charge is 0.478 e. The summed E-state index contributed by atoms with van der Waals surface area (Å²) in [7, 11) is -1.74. The standard InChI is InChI=1S/C7H6BBr2NO4/c9-3-1-2(7(12)13)6(11)5(10)4(3)8(14)15/h1,14-15H,11H2,(H,12,13). The first-order valence-corrected chi connectivity index (χ1v) is 5.31. The summed E-state index contributed by atoms with van der Waals surface area (Å²) in [5.74, 6) is -1.19. The van der Waals surface area contributed by atoms with Gasteiger partial charge in [-0.05, 0) is 22.0 Å². The van der Waals surface area contributed by atoms with E-state index in [1.54, 1.807) is 0 Å². The molecule has 0 aliphatic rings. The molecule has 80 valence electrons. The lowest BCUT2D eigenvalue weighted by atomic mass is 9.79. The second kappa shape index (κ2) is 4.52. The third-order valence-corrected chi connectivity index (χ3v) is 3.29. The van der Waals surface area contributed by atoms with E-state index in [0.29, 0.717) is 0 Å². The Kier molecular flexibility index (Phi) is 3.77. The number of hydrogen-bond donors (Lipinski definition) is 4. The number of nitrogen functional groups attached to an aromatic ring is 1. The van der Waals surface area contributed by atoms with Gasteiger partial charge < -0.3 is 20.9 Å². The van der Waals surface area contributed by atoms with E-state index in [2.05, 4.69) is 31.9 Å². The Morgan fingerprint density at radius 1 is 1.40 bits per heavy atom. The van der Waals surface area contributed by atoms with E-state index in [0.717, 1.165) is 0 Å². The van der Waals surface area contributed by atoms with Gasteiger partial charge in [-0.15, -0.1) is 0 Å². The molecule has 0 spiro atoms. The van der Waals surface area contributed by atoms with Crippen molar-refractivity contribution in [2.24, 2.45) is 0 Å². The van der Waals surface area contributed by atoms with Gasteiger partial charge in [-0.3, -0.25) is 0 Å². The van der Waals surface area contributed by atoms with Gasteiger partial charge in [-0.25, -0.2) is 4.79 Å². The SMILES string of the molecule is Nc1c(C(=O)O)cc(Br)c(B(O)O)c1Br. The molecule has 0 radical (unpaired) electrons. The van der Waals surface area contributed by atoms with Crippen molar-refractivity contribution >= 4 is 56.1 Å². The monoisotopic (exact) mass is 337 g/mol. The minimum absolute atomic E-state index is 0.0474. The zero-order valence-electron chi connectivity index (χ0n) is 7.24. The van der Waals surface area contributed by atoms with Crippen molar-refractivity contribution in [2.45, 2.75) is 0 Å². The van der Waals surface area contributed by atoms with Crippen LogP contribution in [0.3, 0.4) is 0 Å². The molecule has 8 heteroatoms. The molecule has 0 aliphatic carbocycles. The van der Waals surface area contributed by atoms with Gasteiger partial charge in [0.25, 0.3) is 0 Å². The predicted octanol–water partition coefficient (Wildman–Crippen LogP) is 0.172. The topological polar surface area (TPSA) is 104 Å². The molecule has 0 bridgehead atoms. The van der Waals surface area contributed by atoms with Crippen LogP contribution in [-0.2, 0) is 0 Å². The zero-order chi connectivity index (χ0) is 11.7. The molecule has 0 heterocycles. The highest BCUT2D eigenvalue weighted by atomic mass is 79.9. The van der Waals surface area contributed by atoms with Crippen molar-refractivity contribution < 1.29 is 19.9 Å². The molecule has 0 aliphatic heterocycles. The lowest BCUT2D eigenvalue weighted by Gasteiger charge is -2.11. The molecule has 15 heavy (non-hydrogen) atoms. The fourth-order valence-corrected chi connectivity index (χ4v) is 2.59.